The van der Waals surface area contributed by atoms with E-state index in [-0.39, 0.29) is 16.7 Å². The number of rotatable bonds is 3. The summed E-state index contributed by atoms with van der Waals surface area (Å²) in [6, 6.07) is 9.15. The number of aryl methyl sites for hydroxylation is 1. The molecule has 0 radical (unpaired) electrons. The maximum absolute atomic E-state index is 12.0. The Bertz CT molecular complexity index is 826. The van der Waals surface area contributed by atoms with E-state index in [1.165, 1.54) is 13.2 Å². The van der Waals surface area contributed by atoms with Gasteiger partial charge in [0.1, 0.15) is 11.6 Å². The van der Waals surface area contributed by atoms with Crippen LogP contribution in [0.25, 0.3) is 17.0 Å². The molecule has 1 aromatic carbocycles. The van der Waals surface area contributed by atoms with E-state index in [0.29, 0.717) is 5.52 Å². The number of nitrogens with zero attached hydrogens (tertiary/aromatic N) is 1. The van der Waals surface area contributed by atoms with Crippen molar-refractivity contribution >= 4 is 22.9 Å². The Morgan fingerprint density at radius 1 is 1.43 bits per heavy atom. The van der Waals surface area contributed by atoms with Crippen LogP contribution in [-0.4, -0.2) is 18.1 Å². The first-order valence-corrected chi connectivity index (χ1v) is 6.45. The lowest BCUT2D eigenvalue weighted by atomic mass is 10.1. The molecular formula is C16H14N2O3. The van der Waals surface area contributed by atoms with E-state index in [1.807, 2.05) is 25.1 Å². The van der Waals surface area contributed by atoms with Crippen molar-refractivity contribution < 1.29 is 9.53 Å². The van der Waals surface area contributed by atoms with E-state index in [9.17, 15) is 9.59 Å². The van der Waals surface area contributed by atoms with Gasteiger partial charge in [-0.05, 0) is 41.6 Å². The molecule has 0 bridgehead atoms. The van der Waals surface area contributed by atoms with Crippen molar-refractivity contribution in [2.24, 2.45) is 0 Å². The first-order chi connectivity index (χ1) is 10.1. The molecule has 2 rings (SSSR count). The average Bonchev–Trinajstić information content (AvgIpc) is 2.51. The quantitative estimate of drug-likeness (QED) is 0.531. The molecule has 0 aliphatic rings. The molecule has 106 valence electrons. The van der Waals surface area contributed by atoms with E-state index in [1.54, 1.807) is 12.1 Å². The van der Waals surface area contributed by atoms with Crippen LogP contribution in [-0.2, 0) is 16.0 Å². The number of carbonyl (C=O) groups is 1. The molecule has 0 aliphatic heterocycles. The van der Waals surface area contributed by atoms with E-state index in [0.717, 1.165) is 17.4 Å². The number of methoxy groups -OCH3 is 1. The lowest BCUT2D eigenvalue weighted by Crippen LogP contribution is -2.11. The first kappa shape index (κ1) is 14.5. The third kappa shape index (κ3) is 3.00. The number of hydrogen-bond acceptors (Lipinski definition) is 4. The van der Waals surface area contributed by atoms with E-state index in [2.05, 4.69) is 9.72 Å². The van der Waals surface area contributed by atoms with Gasteiger partial charge in [0.15, 0.2) is 0 Å². The van der Waals surface area contributed by atoms with E-state index < -0.39 is 5.97 Å². The third-order valence-corrected chi connectivity index (χ3v) is 3.17. The zero-order valence-electron chi connectivity index (χ0n) is 11.8. The number of carbonyl (C=O) groups excluding carboxylic acids is 1. The highest BCUT2D eigenvalue weighted by Crippen LogP contribution is 2.15. The number of aromatic amines is 1. The monoisotopic (exact) mass is 282 g/mol. The van der Waals surface area contributed by atoms with E-state index in [4.69, 9.17) is 5.26 Å². The van der Waals surface area contributed by atoms with Crippen LogP contribution in [0.15, 0.2) is 34.6 Å². The predicted molar refractivity (Wildman–Crippen MR) is 79.6 cm³/mol. The number of H-pyrrole nitrogens is 1. The number of pyridine rings is 1. The van der Waals surface area contributed by atoms with Crippen molar-refractivity contribution in [3.05, 3.63) is 51.3 Å². The summed E-state index contributed by atoms with van der Waals surface area (Å²) >= 11 is 0. The van der Waals surface area contributed by atoms with Gasteiger partial charge in [0.2, 0.25) is 0 Å². The average molecular weight is 282 g/mol. The van der Waals surface area contributed by atoms with Gasteiger partial charge in [0, 0.05) is 11.1 Å². The summed E-state index contributed by atoms with van der Waals surface area (Å²) in [4.78, 5) is 26.1. The number of esters is 1. The fourth-order valence-electron chi connectivity index (χ4n) is 2.00. The SMILES string of the molecule is CCc1ccc2[nH]c(=O)c(C=C(C#N)C(=O)OC)cc2c1. The van der Waals surface area contributed by atoms with Crippen LogP contribution in [0.1, 0.15) is 18.1 Å². The molecule has 0 saturated heterocycles. The predicted octanol–water partition coefficient (Wildman–Crippen LogP) is 2.17. The minimum absolute atomic E-state index is 0.214. The van der Waals surface area contributed by atoms with Crippen LogP contribution >= 0.6 is 0 Å². The topological polar surface area (TPSA) is 83.0 Å². The molecule has 0 fully saturated rings. The number of aromatic nitrogens is 1. The van der Waals surface area contributed by atoms with Gasteiger partial charge in [-0.3, -0.25) is 4.79 Å². The van der Waals surface area contributed by atoms with Gasteiger partial charge < -0.3 is 9.72 Å². The highest BCUT2D eigenvalue weighted by molar-refractivity contribution is 5.98. The zero-order valence-corrected chi connectivity index (χ0v) is 11.8. The molecule has 0 unspecified atom stereocenters. The van der Waals surface area contributed by atoms with Crippen molar-refractivity contribution in [1.82, 2.24) is 4.98 Å². The maximum atomic E-state index is 12.0. The molecule has 0 atom stereocenters. The van der Waals surface area contributed by atoms with Crippen molar-refractivity contribution in [3.8, 4) is 6.07 Å². The highest BCUT2D eigenvalue weighted by Gasteiger charge is 2.10. The standard InChI is InChI=1S/C16H14N2O3/c1-3-10-4-5-14-11(6-10)7-12(15(19)18-14)8-13(9-17)16(20)21-2/h4-8H,3H2,1-2H3,(H,18,19). The Morgan fingerprint density at radius 3 is 2.81 bits per heavy atom. The Hall–Kier alpha value is -2.87. The number of ether oxygens (including phenoxy) is 1. The molecule has 1 N–H and O–H groups in total. The molecule has 2 aromatic rings. The molecule has 5 heteroatoms. The summed E-state index contributed by atoms with van der Waals surface area (Å²) in [7, 11) is 1.19. The highest BCUT2D eigenvalue weighted by atomic mass is 16.5. The van der Waals surface area contributed by atoms with Crippen molar-refractivity contribution in [3.63, 3.8) is 0 Å². The molecule has 1 aromatic heterocycles. The number of nitrogens with one attached hydrogen (secondary N) is 1. The van der Waals surface area contributed by atoms with Gasteiger partial charge in [-0.25, -0.2) is 4.79 Å². The minimum atomic E-state index is -0.765. The summed E-state index contributed by atoms with van der Waals surface area (Å²) in [6.45, 7) is 2.04. The van der Waals surface area contributed by atoms with Crippen molar-refractivity contribution in [2.45, 2.75) is 13.3 Å². The van der Waals surface area contributed by atoms with Crippen LogP contribution in [0.2, 0.25) is 0 Å². The van der Waals surface area contributed by atoms with Crippen LogP contribution < -0.4 is 5.56 Å². The molecule has 0 saturated carbocycles. The van der Waals surface area contributed by atoms with Gasteiger partial charge >= 0.3 is 5.97 Å². The second-order valence-corrected chi connectivity index (χ2v) is 4.49. The van der Waals surface area contributed by atoms with Crippen LogP contribution in [0, 0.1) is 11.3 Å². The van der Waals surface area contributed by atoms with Crippen LogP contribution in [0.3, 0.4) is 0 Å². The zero-order chi connectivity index (χ0) is 15.4. The smallest absolute Gasteiger partial charge is 0.348 e. The number of fused-ring (bicyclic) bond motifs is 1. The van der Waals surface area contributed by atoms with Crippen LogP contribution in [0.4, 0.5) is 0 Å². The second kappa shape index (κ2) is 6.06. The van der Waals surface area contributed by atoms with Crippen LogP contribution in [0.5, 0.6) is 0 Å². The molecule has 0 aliphatic carbocycles. The molecule has 1 heterocycles. The summed E-state index contributed by atoms with van der Waals surface area (Å²) in [5.74, 6) is -0.765. The maximum Gasteiger partial charge on any atom is 0.348 e. The van der Waals surface area contributed by atoms with Crippen molar-refractivity contribution in [1.29, 1.82) is 5.26 Å². The number of nitriles is 1. The molecular weight excluding hydrogens is 268 g/mol. The minimum Gasteiger partial charge on any atom is -0.465 e. The van der Waals surface area contributed by atoms with E-state index >= 15 is 0 Å². The fraction of sp³-hybridized carbons (Fsp3) is 0.188. The normalized spacial score (nSPS) is 11.2. The Balaban J connectivity index is 2.61. The van der Waals surface area contributed by atoms with Crippen molar-refractivity contribution in [2.75, 3.05) is 7.11 Å². The Labute approximate surface area is 121 Å². The summed E-state index contributed by atoms with van der Waals surface area (Å²) in [5, 5.41) is 9.79. The summed E-state index contributed by atoms with van der Waals surface area (Å²) < 4.78 is 4.50. The lowest BCUT2D eigenvalue weighted by Gasteiger charge is -2.03. The largest absolute Gasteiger partial charge is 0.465 e. The number of benzene rings is 1. The van der Waals surface area contributed by atoms with Gasteiger partial charge in [-0.2, -0.15) is 5.26 Å². The summed E-state index contributed by atoms with van der Waals surface area (Å²) in [5.41, 5.74) is 1.53. The molecule has 21 heavy (non-hydrogen) atoms. The Morgan fingerprint density at radius 2 is 2.19 bits per heavy atom. The number of hydrogen-bond donors (Lipinski definition) is 1. The molecule has 0 amide bonds. The van der Waals surface area contributed by atoms with Gasteiger partial charge in [0.05, 0.1) is 7.11 Å². The first-order valence-electron chi connectivity index (χ1n) is 6.45. The van der Waals surface area contributed by atoms with Gasteiger partial charge in [-0.1, -0.05) is 13.0 Å². The second-order valence-electron chi connectivity index (χ2n) is 4.49. The Kier molecular flexibility index (Phi) is 4.19. The lowest BCUT2D eigenvalue weighted by molar-refractivity contribution is -0.135. The van der Waals surface area contributed by atoms with Gasteiger partial charge in [0.25, 0.3) is 5.56 Å². The fourth-order valence-corrected chi connectivity index (χ4v) is 2.00. The molecule has 0 spiro atoms. The third-order valence-electron chi connectivity index (χ3n) is 3.17. The molecule has 5 nitrogen and oxygen atoms in total. The van der Waals surface area contributed by atoms with Gasteiger partial charge in [-0.15, -0.1) is 0 Å². The summed E-state index contributed by atoms with van der Waals surface area (Å²) in [6.07, 6.45) is 2.12.